The van der Waals surface area contributed by atoms with Crippen molar-refractivity contribution in [3.05, 3.63) is 242 Å². The van der Waals surface area contributed by atoms with Gasteiger partial charge in [0.1, 0.15) is 51.4 Å². The summed E-state index contributed by atoms with van der Waals surface area (Å²) in [5.41, 5.74) is -0.988. The summed E-state index contributed by atoms with van der Waals surface area (Å²) < 4.78 is 224. The third kappa shape index (κ3) is 30.7. The van der Waals surface area contributed by atoms with Crippen LogP contribution in [0.25, 0.3) is 0 Å². The summed E-state index contributed by atoms with van der Waals surface area (Å²) in [5.74, 6) is -2.48. The Balaban J connectivity index is 0.000000206. The molecular formula is C103H119Cl2F9N12O18S3. The van der Waals surface area contributed by atoms with E-state index >= 15 is 0 Å². The number of aryl methyl sites for hydroxylation is 6. The topological polar surface area (TPSA) is 376 Å². The van der Waals surface area contributed by atoms with Gasteiger partial charge in [0.05, 0.1) is 73.4 Å². The predicted octanol–water partition coefficient (Wildman–Crippen LogP) is 14.4. The van der Waals surface area contributed by atoms with Crippen LogP contribution in [0.4, 0.5) is 39.5 Å². The standard InChI is InChI=1S/C35H41F3N4O6S.2C33H37F3N4O6S.C2H4Cl2/c1-5-7-9-29(43)23-41(4)32(44)26-11-10-25(24(3)19-26)12-18-49(46,47)42-15-13-34(14-16-42)33(45)39-31(40-34)27-20-28(35(36,37)38)22-30(21-27)48-17-8-6-2;2*1-22-17-24-9-8-23(22)10-16-47(44,45)40-13-11-32(12-14-40)31(43)37-29(38-32)25-18-26(33(34,35)36)20-28(19-25)46-15-6-4-3-5-7-27(41)21-39(2)30(24)42;3-1-2-4/h5-6,10-11,19-22H,1-2,7-9,12-18,23H2,3-4H3,(H,39,40,45);3,5,8-9,17-20H,4,6-7,10-16,21H2,1-2H3,(H,37,38,43);3-4,8-9,17-20H,5-7,10-16,21H2,1-2H3,(H,37,38,43);1-2H2/b;5-3-;4-3+;. The van der Waals surface area contributed by atoms with E-state index in [1.807, 2.05) is 0 Å². The van der Waals surface area contributed by atoms with Crippen molar-refractivity contribution in [3.8, 4) is 17.2 Å². The number of amidine groups is 3. The molecule has 0 unspecified atom stereocenters. The quantitative estimate of drug-likeness (QED) is 0.0351. The van der Waals surface area contributed by atoms with Crippen LogP contribution in [0.5, 0.6) is 17.2 Å². The highest BCUT2D eigenvalue weighted by Crippen LogP contribution is 2.42. The molecule has 6 aromatic rings. The lowest BCUT2D eigenvalue weighted by Gasteiger charge is -2.34. The van der Waals surface area contributed by atoms with Crippen LogP contribution in [0.15, 0.2) is 174 Å². The fraction of sp³-hybridized carbons (Fsp3) is 0.456. The Kier molecular flexibility index (Phi) is 39.3. The number of ether oxygens (including phenoxy) is 3. The Morgan fingerprint density at radius 3 is 1.42 bits per heavy atom. The van der Waals surface area contributed by atoms with Gasteiger partial charge in [0.25, 0.3) is 35.4 Å². The molecule has 3 saturated heterocycles. The molecule has 12 aliphatic rings. The highest BCUT2D eigenvalue weighted by molar-refractivity contribution is 7.89. The molecule has 3 N–H and O–H groups in total. The summed E-state index contributed by atoms with van der Waals surface area (Å²) in [7, 11) is -6.55. The zero-order valence-corrected chi connectivity index (χ0v) is 86.2. The van der Waals surface area contributed by atoms with Crippen molar-refractivity contribution in [1.29, 1.82) is 0 Å². The Morgan fingerprint density at radius 1 is 0.524 bits per heavy atom. The lowest BCUT2D eigenvalue weighted by Crippen LogP contribution is -2.50. The fourth-order valence-corrected chi connectivity index (χ4v) is 22.0. The molecular weight excluding hydrogens is 2030 g/mol. The number of halogens is 11. The van der Waals surface area contributed by atoms with E-state index in [0.29, 0.717) is 73.4 Å². The average Bonchev–Trinajstić information content (AvgIpc) is 1.62. The van der Waals surface area contributed by atoms with Gasteiger partial charge in [-0.25, -0.2) is 38.2 Å². The first-order valence-electron chi connectivity index (χ1n) is 47.8. The van der Waals surface area contributed by atoms with E-state index in [-0.39, 0.29) is 253 Å². The third-order valence-electron chi connectivity index (χ3n) is 26.1. The van der Waals surface area contributed by atoms with Gasteiger partial charge < -0.3 is 44.9 Å². The van der Waals surface area contributed by atoms with Crippen molar-refractivity contribution in [1.82, 2.24) is 43.6 Å². The molecule has 3 spiro atoms. The second-order valence-electron chi connectivity index (χ2n) is 36.9. The predicted molar refractivity (Wildman–Crippen MR) is 539 cm³/mol. The zero-order chi connectivity index (χ0) is 107. The summed E-state index contributed by atoms with van der Waals surface area (Å²) in [6, 6.07) is 24.6. The Morgan fingerprint density at radius 2 is 0.966 bits per heavy atom. The molecule has 30 nitrogen and oxygen atoms in total. The first-order chi connectivity index (χ1) is 69.3. The van der Waals surface area contributed by atoms with Crippen LogP contribution in [-0.2, 0) is 96.6 Å². The number of amides is 6. The number of fused-ring (bicyclic) bond motifs is 4. The maximum atomic E-state index is 13.8. The second-order valence-corrected chi connectivity index (χ2v) is 44.0. The first-order valence-corrected chi connectivity index (χ1v) is 53.7. The van der Waals surface area contributed by atoms with Gasteiger partial charge in [0.2, 0.25) is 30.1 Å². The number of Topliss-reactive ketones (excluding diaryl/α,β-unsaturated/α-hetero) is 3. The number of nitrogens with one attached hydrogen (secondary N) is 3. The van der Waals surface area contributed by atoms with E-state index in [9.17, 15) is 108 Å². The molecule has 0 saturated carbocycles. The van der Waals surface area contributed by atoms with Gasteiger partial charge in [-0.05, 0) is 241 Å². The normalized spacial score (nSPS) is 21.7. The van der Waals surface area contributed by atoms with Crippen molar-refractivity contribution < 1.29 is 122 Å². The van der Waals surface area contributed by atoms with Gasteiger partial charge in [0, 0.05) is 125 Å². The molecule has 14 bridgehead atoms. The third-order valence-corrected chi connectivity index (χ3v) is 32.3. The Bertz CT molecular complexity index is 6470. The molecule has 12 aliphatic heterocycles. The number of rotatable bonds is 16. The number of piperidine rings is 3. The molecule has 6 aromatic carbocycles. The molecule has 6 amide bonds. The van der Waals surface area contributed by atoms with Gasteiger partial charge >= 0.3 is 18.5 Å². The summed E-state index contributed by atoms with van der Waals surface area (Å²) >= 11 is 10.1. The number of alkyl halides is 11. The van der Waals surface area contributed by atoms with Crippen molar-refractivity contribution in [3.63, 3.8) is 0 Å². The number of benzene rings is 6. The number of ketones is 3. The number of hydrogen-bond donors (Lipinski definition) is 3. The van der Waals surface area contributed by atoms with Crippen LogP contribution >= 0.6 is 23.2 Å². The highest BCUT2D eigenvalue weighted by atomic mass is 35.5. The molecule has 794 valence electrons. The highest BCUT2D eigenvalue weighted by Gasteiger charge is 2.52. The van der Waals surface area contributed by atoms with Crippen LogP contribution in [0.3, 0.4) is 0 Å². The van der Waals surface area contributed by atoms with Crippen molar-refractivity contribution in [2.45, 2.75) is 171 Å². The molecule has 44 heteroatoms. The van der Waals surface area contributed by atoms with Gasteiger partial charge in [-0.1, -0.05) is 54.7 Å². The molecule has 0 radical (unpaired) electrons. The molecule has 0 aliphatic carbocycles. The Hall–Kier alpha value is -11.8. The van der Waals surface area contributed by atoms with Gasteiger partial charge in [-0.2, -0.15) is 39.5 Å². The molecule has 147 heavy (non-hydrogen) atoms. The number of carbonyl (C=O) groups is 9. The monoisotopic (exact) mass is 2150 g/mol. The van der Waals surface area contributed by atoms with E-state index in [1.165, 1.54) is 52.9 Å². The molecule has 18 rings (SSSR count). The Labute approximate surface area is 858 Å². The molecule has 12 heterocycles. The minimum Gasteiger partial charge on any atom is -0.494 e. The molecule has 0 aromatic heterocycles. The second kappa shape index (κ2) is 50.0. The van der Waals surface area contributed by atoms with Gasteiger partial charge in [-0.15, -0.1) is 36.4 Å². The average molecular weight is 2150 g/mol. The maximum Gasteiger partial charge on any atom is 0.416 e. The minimum atomic E-state index is -4.68. The molecule has 0 atom stereocenters. The van der Waals surface area contributed by atoms with Crippen LogP contribution < -0.4 is 30.2 Å². The number of carbonyl (C=O) groups excluding carboxylic acids is 9. The summed E-state index contributed by atoms with van der Waals surface area (Å²) in [4.78, 5) is 133. The minimum absolute atomic E-state index is 0.00924. The van der Waals surface area contributed by atoms with Crippen LogP contribution in [0.2, 0.25) is 0 Å². The molecule has 3 fully saturated rings. The van der Waals surface area contributed by atoms with Crippen molar-refractivity contribution >= 4 is 124 Å². The van der Waals surface area contributed by atoms with Crippen LogP contribution in [0, 0.1) is 20.8 Å². The van der Waals surface area contributed by atoms with Crippen molar-refractivity contribution in [2.24, 2.45) is 15.0 Å². The number of sulfonamides is 3. The number of allylic oxidation sites excluding steroid dienone is 4. The summed E-state index contributed by atoms with van der Waals surface area (Å²) in [6.07, 6.45) is 0.562. The number of nitrogens with zero attached hydrogens (tertiary/aromatic N) is 9. The van der Waals surface area contributed by atoms with Gasteiger partial charge in [0.15, 0.2) is 17.3 Å². The zero-order valence-electron chi connectivity index (χ0n) is 82.3. The van der Waals surface area contributed by atoms with E-state index in [2.05, 4.69) is 44.1 Å². The number of hydrogen-bond acceptors (Lipinski definition) is 21. The van der Waals surface area contributed by atoms with Crippen LogP contribution in [0.1, 0.15) is 194 Å². The summed E-state index contributed by atoms with van der Waals surface area (Å²) in [6.45, 7) is 12.8. The van der Waals surface area contributed by atoms with E-state index in [0.717, 1.165) is 69.8 Å². The smallest absolute Gasteiger partial charge is 0.416 e. The van der Waals surface area contributed by atoms with E-state index < -0.39 is 99.6 Å². The number of likely N-dealkylation sites (N-methyl/N-ethyl adjacent to an activating group) is 3. The fourth-order valence-electron chi connectivity index (χ4n) is 17.6. The lowest BCUT2D eigenvalue weighted by atomic mass is 9.89. The number of aliphatic imine (C=N–C) groups is 3. The maximum absolute atomic E-state index is 13.8. The first kappa shape index (κ1) is 115. The van der Waals surface area contributed by atoms with Crippen LogP contribution in [-0.4, -0.2) is 269 Å². The van der Waals surface area contributed by atoms with Crippen molar-refractivity contribution in [2.75, 3.05) is 129 Å². The lowest BCUT2D eigenvalue weighted by molar-refractivity contribution is -0.138. The summed E-state index contributed by atoms with van der Waals surface area (Å²) in [5, 5.41) is 7.84. The van der Waals surface area contributed by atoms with E-state index in [4.69, 9.17) is 37.4 Å². The van der Waals surface area contributed by atoms with Gasteiger partial charge in [-0.3, -0.25) is 58.1 Å². The SMILES string of the molecule is C=CCCOc1cc(C2=NC3(CCN(S(=O)(=O)CCc4ccc(C(=O)N(C)CC(=O)CCC=C)cc4C)CC3)C(=O)N2)cc(C(F)(F)F)c1.Cc1cc2ccc1CCS(=O)(=O)N1CCC3(CC1)N=C(NC3=O)c1cc(cc(C(F)(F)F)c1)OCC/C=C/CCC(=O)CN(C)C2=O.Cc1cc2ccc1CCS(=O)(=O)N1CCC3(CC1)N=C(NC3=O)c1cc(cc(C(F)(F)F)c1)OCCC/C=C\CC(=O)CN(C)C2=O.ClCCCl. The largest absolute Gasteiger partial charge is 0.494 e. The van der Waals surface area contributed by atoms with E-state index in [1.54, 1.807) is 126 Å².